The van der Waals surface area contributed by atoms with Crippen molar-refractivity contribution in [3.63, 3.8) is 0 Å². The lowest BCUT2D eigenvalue weighted by Gasteiger charge is -2.32. The molecule has 71 heavy (non-hydrogen) atoms. The minimum absolute atomic E-state index is 0.0176. The van der Waals surface area contributed by atoms with Gasteiger partial charge in [-0.2, -0.15) is 0 Å². The van der Waals surface area contributed by atoms with Crippen LogP contribution < -0.4 is 16.0 Å². The molecule has 0 aromatic heterocycles. The Morgan fingerprint density at radius 3 is 1.42 bits per heavy atom. The molecule has 2 saturated heterocycles. The summed E-state index contributed by atoms with van der Waals surface area (Å²) in [7, 11) is 0. The van der Waals surface area contributed by atoms with Crippen molar-refractivity contribution in [2.75, 3.05) is 39.3 Å². The van der Waals surface area contributed by atoms with Crippen LogP contribution in [-0.2, 0) is 19.2 Å². The standard InChI is InChI=1S/C26H26Cl2N4O2S.C21H18Cl2N2O2S.C5H10N2O/c1-15(2)22-24(25(34)31-13-11-20(33)29-12-14-31)35-26-30-21(16-3-7-18(27)8-4-16)23(32(22)26)17-5-9-19(28)10-6-17;1-11(2)17-19(20(26)27)28-21-24-16(12-3-7-14(22)8-4-12)18(25(17)21)13-5-9-15(23)10-6-13;8-5-1-2-6-3-4-7-5/h3-10,15,21,23H,11-14H2,1-2H3,(H,29,33);3-11,16,18H,1-2H3,(H,26,27);6H,1-4H2,(H,7,8). The lowest BCUT2D eigenvalue weighted by atomic mass is 9.92. The van der Waals surface area contributed by atoms with E-state index in [4.69, 9.17) is 56.4 Å². The number of allylic oxidation sites excluding steroid dienone is 2. The highest BCUT2D eigenvalue weighted by atomic mass is 35.5. The molecular weight excluding hydrogens is 1020 g/mol. The topological polar surface area (TPSA) is 159 Å². The largest absolute Gasteiger partial charge is 0.477 e. The van der Waals surface area contributed by atoms with E-state index in [0.29, 0.717) is 62.4 Å². The Morgan fingerprint density at radius 1 is 0.563 bits per heavy atom. The minimum Gasteiger partial charge on any atom is -0.477 e. The summed E-state index contributed by atoms with van der Waals surface area (Å²) in [6.45, 7) is 12.1. The van der Waals surface area contributed by atoms with Crippen molar-refractivity contribution in [3.05, 3.63) is 161 Å². The molecule has 3 amide bonds. The monoisotopic (exact) mass is 1070 g/mol. The van der Waals surface area contributed by atoms with Crippen LogP contribution >= 0.6 is 69.9 Å². The fraction of sp³-hybridized carbons (Fsp3) is 0.346. The van der Waals surface area contributed by atoms with Gasteiger partial charge in [-0.25, -0.2) is 4.79 Å². The number of hydrogen-bond acceptors (Lipinski definition) is 11. The lowest BCUT2D eigenvalue weighted by molar-refractivity contribution is -0.132. The molecule has 0 aliphatic carbocycles. The van der Waals surface area contributed by atoms with Crippen LogP contribution in [0.2, 0.25) is 20.1 Å². The summed E-state index contributed by atoms with van der Waals surface area (Å²) in [6, 6.07) is 30.4. The number of nitrogens with zero attached hydrogens (tertiary/aromatic N) is 5. The summed E-state index contributed by atoms with van der Waals surface area (Å²) >= 11 is 27.2. The summed E-state index contributed by atoms with van der Waals surface area (Å²) < 4.78 is 0. The molecule has 10 rings (SSSR count). The predicted molar refractivity (Wildman–Crippen MR) is 287 cm³/mol. The zero-order chi connectivity index (χ0) is 50.5. The molecule has 4 aromatic rings. The third-order valence-corrected chi connectivity index (χ3v) is 15.7. The molecule has 0 bridgehead atoms. The molecule has 4 N–H and O–H groups in total. The zero-order valence-electron chi connectivity index (χ0n) is 39.5. The Balaban J connectivity index is 0.000000167. The van der Waals surface area contributed by atoms with Crippen LogP contribution in [0, 0.1) is 11.8 Å². The number of amides is 3. The van der Waals surface area contributed by atoms with E-state index < -0.39 is 5.97 Å². The van der Waals surface area contributed by atoms with Gasteiger partial charge in [0.25, 0.3) is 5.91 Å². The highest BCUT2D eigenvalue weighted by molar-refractivity contribution is 8.18. The highest BCUT2D eigenvalue weighted by Gasteiger charge is 2.49. The van der Waals surface area contributed by atoms with E-state index >= 15 is 0 Å². The average Bonchev–Trinajstić information content (AvgIpc) is 4.01. The zero-order valence-corrected chi connectivity index (χ0v) is 44.2. The molecule has 19 heteroatoms. The van der Waals surface area contributed by atoms with Gasteiger partial charge in [0.05, 0.1) is 12.1 Å². The number of carbonyl (C=O) groups excluding carboxylic acids is 3. The minimum atomic E-state index is -0.913. The van der Waals surface area contributed by atoms with Crippen molar-refractivity contribution >= 4 is 104 Å². The molecule has 0 saturated carbocycles. The van der Waals surface area contributed by atoms with Gasteiger partial charge in [0.2, 0.25) is 11.8 Å². The molecule has 0 radical (unpaired) electrons. The van der Waals surface area contributed by atoms with Crippen LogP contribution in [0.3, 0.4) is 0 Å². The molecule has 4 aromatic carbocycles. The second-order valence-corrected chi connectivity index (χ2v) is 21.7. The van der Waals surface area contributed by atoms with Crippen LogP contribution in [0.15, 0.2) is 128 Å². The normalized spacial score (nSPS) is 21.9. The van der Waals surface area contributed by atoms with Gasteiger partial charge in [0.1, 0.15) is 21.9 Å². The Labute approximate surface area is 442 Å². The number of aliphatic imine (C=N–C) groups is 2. The first kappa shape index (κ1) is 52.3. The molecule has 4 atom stereocenters. The number of nitrogens with one attached hydrogen (secondary N) is 3. The molecule has 6 heterocycles. The highest BCUT2D eigenvalue weighted by Crippen LogP contribution is 2.55. The van der Waals surface area contributed by atoms with Crippen LogP contribution in [0.25, 0.3) is 0 Å². The van der Waals surface area contributed by atoms with Gasteiger partial charge >= 0.3 is 5.97 Å². The number of hydrogen-bond donors (Lipinski definition) is 4. The number of amidine groups is 2. The fourth-order valence-corrected chi connectivity index (χ4v) is 12.2. The average molecular weight is 1080 g/mol. The van der Waals surface area contributed by atoms with Crippen molar-refractivity contribution < 1.29 is 24.3 Å². The number of aliphatic carboxylic acids is 1. The van der Waals surface area contributed by atoms with Crippen LogP contribution in [0.4, 0.5) is 0 Å². The SMILES string of the molecule is CC(C)C1=C(C(=O)N2CCNC(=O)CC2)SC2=NC(c3ccc(Cl)cc3)C(c3ccc(Cl)cc3)N21.CC(C)C1=C(C(=O)O)SC2=NC(c3ccc(Cl)cc3)C(c3ccc(Cl)cc3)N21.O=C1CCNCCN1. The van der Waals surface area contributed by atoms with Crippen LogP contribution in [-0.4, -0.2) is 93.1 Å². The molecule has 6 aliphatic rings. The maximum absolute atomic E-state index is 13.7. The van der Waals surface area contributed by atoms with E-state index in [-0.39, 0.29) is 53.7 Å². The van der Waals surface area contributed by atoms with Crippen molar-refractivity contribution in [1.29, 1.82) is 0 Å². The number of benzene rings is 4. The van der Waals surface area contributed by atoms with Crippen LogP contribution in [0.5, 0.6) is 0 Å². The Kier molecular flexibility index (Phi) is 17.1. The van der Waals surface area contributed by atoms with Crippen molar-refractivity contribution in [3.8, 4) is 0 Å². The quantitative estimate of drug-likeness (QED) is 0.134. The van der Waals surface area contributed by atoms with E-state index in [2.05, 4.69) is 39.6 Å². The number of rotatable bonds is 8. The van der Waals surface area contributed by atoms with Gasteiger partial charge in [0.15, 0.2) is 10.3 Å². The maximum Gasteiger partial charge on any atom is 0.344 e. The van der Waals surface area contributed by atoms with E-state index in [9.17, 15) is 24.3 Å². The first-order chi connectivity index (χ1) is 34.1. The van der Waals surface area contributed by atoms with Crippen molar-refractivity contribution in [2.45, 2.75) is 64.7 Å². The molecular formula is C52H54Cl4N8O5S2. The van der Waals surface area contributed by atoms with E-state index in [0.717, 1.165) is 63.6 Å². The second-order valence-electron chi connectivity index (χ2n) is 18.0. The van der Waals surface area contributed by atoms with Gasteiger partial charge in [0, 0.05) is 83.6 Å². The number of thioether (sulfide) groups is 2. The molecule has 6 aliphatic heterocycles. The van der Waals surface area contributed by atoms with Gasteiger partial charge < -0.3 is 35.8 Å². The molecule has 4 unspecified atom stereocenters. The first-order valence-corrected chi connectivity index (χ1v) is 26.6. The molecule has 372 valence electrons. The summed E-state index contributed by atoms with van der Waals surface area (Å²) in [4.78, 5) is 65.0. The maximum atomic E-state index is 13.7. The van der Waals surface area contributed by atoms with Gasteiger partial charge in [-0.3, -0.25) is 24.4 Å². The van der Waals surface area contributed by atoms with Crippen molar-refractivity contribution in [2.24, 2.45) is 21.8 Å². The third-order valence-electron chi connectivity index (χ3n) is 12.5. The number of halogens is 4. The molecule has 2 fully saturated rings. The third kappa shape index (κ3) is 11.9. The molecule has 0 spiro atoms. The fourth-order valence-electron chi connectivity index (χ4n) is 9.21. The predicted octanol–water partition coefficient (Wildman–Crippen LogP) is 10.7. The van der Waals surface area contributed by atoms with Gasteiger partial charge in [-0.15, -0.1) is 0 Å². The number of fused-ring (bicyclic) bond motifs is 2. The Morgan fingerprint density at radius 2 is 0.972 bits per heavy atom. The number of carboxylic acid groups (broad SMARTS) is 1. The van der Waals surface area contributed by atoms with Gasteiger partial charge in [-0.05, 0) is 106 Å². The van der Waals surface area contributed by atoms with E-state index in [1.54, 1.807) is 4.90 Å². The lowest BCUT2D eigenvalue weighted by Crippen LogP contribution is -2.35. The Bertz CT molecular complexity index is 2760. The second kappa shape index (κ2) is 23.3. The summed E-state index contributed by atoms with van der Waals surface area (Å²) in [5, 5.41) is 22.6. The molecule has 13 nitrogen and oxygen atoms in total. The Hall–Kier alpha value is -5.00. The number of carboxylic acids is 1. The summed E-state index contributed by atoms with van der Waals surface area (Å²) in [6.07, 6.45) is 0.942. The summed E-state index contributed by atoms with van der Waals surface area (Å²) in [5.41, 5.74) is 5.97. The van der Waals surface area contributed by atoms with E-state index in [1.165, 1.54) is 23.5 Å². The summed E-state index contributed by atoms with van der Waals surface area (Å²) in [5.74, 6) is -0.662. The van der Waals surface area contributed by atoms with Gasteiger partial charge in [-0.1, -0.05) is 123 Å². The first-order valence-electron chi connectivity index (χ1n) is 23.5. The number of carbonyl (C=O) groups is 4. The van der Waals surface area contributed by atoms with E-state index in [1.807, 2.05) is 111 Å². The van der Waals surface area contributed by atoms with Crippen molar-refractivity contribution in [1.82, 2.24) is 30.7 Å². The smallest absolute Gasteiger partial charge is 0.344 e. The van der Waals surface area contributed by atoms with Crippen LogP contribution in [0.1, 0.15) is 87.0 Å².